The molecule has 3 aromatic carbocycles. The number of halogens is 2. The van der Waals surface area contributed by atoms with Crippen LogP contribution in [0.2, 0.25) is 0 Å². The zero-order chi connectivity index (χ0) is 19.7. The molecule has 0 radical (unpaired) electrons. The van der Waals surface area contributed by atoms with E-state index in [1.165, 1.54) is 0 Å². The summed E-state index contributed by atoms with van der Waals surface area (Å²) in [6, 6.07) is 20.3. The van der Waals surface area contributed by atoms with Crippen molar-refractivity contribution in [3.8, 4) is 5.75 Å². The molecule has 0 aromatic heterocycles. The highest BCUT2D eigenvalue weighted by Crippen LogP contribution is 2.31. The second kappa shape index (κ2) is 7.86. The zero-order valence-corrected chi connectivity index (χ0v) is 17.8. The van der Waals surface area contributed by atoms with Crippen LogP contribution in [0.15, 0.2) is 81.2 Å². The fourth-order valence-corrected chi connectivity index (χ4v) is 3.81. The molecule has 138 valence electrons. The van der Waals surface area contributed by atoms with Crippen molar-refractivity contribution in [3.05, 3.63) is 104 Å². The first kappa shape index (κ1) is 18.8. The maximum Gasteiger partial charge on any atom is 0.197 e. The molecule has 0 atom stereocenters. The van der Waals surface area contributed by atoms with Crippen molar-refractivity contribution >= 4 is 49.5 Å². The molecule has 0 unspecified atom stereocenters. The Labute approximate surface area is 179 Å². The average Bonchev–Trinajstić information content (AvgIpc) is 2.94. The summed E-state index contributed by atoms with van der Waals surface area (Å²) in [7, 11) is 0. The quantitative estimate of drug-likeness (QED) is 0.316. The van der Waals surface area contributed by atoms with Crippen LogP contribution >= 0.6 is 31.9 Å². The highest BCUT2D eigenvalue weighted by molar-refractivity contribution is 9.10. The second-order valence-electron chi connectivity index (χ2n) is 6.37. The lowest BCUT2D eigenvalue weighted by atomic mass is 10.1. The van der Waals surface area contributed by atoms with Gasteiger partial charge in [0.05, 0.1) is 10.0 Å². The van der Waals surface area contributed by atoms with Gasteiger partial charge in [0.1, 0.15) is 12.4 Å². The molecule has 1 aliphatic rings. The van der Waals surface area contributed by atoms with Crippen molar-refractivity contribution in [3.63, 3.8) is 0 Å². The Kier molecular flexibility index (Phi) is 5.29. The van der Waals surface area contributed by atoms with Gasteiger partial charge < -0.3 is 4.74 Å². The number of allylic oxidation sites excluding steroid dienone is 1. The van der Waals surface area contributed by atoms with Crippen molar-refractivity contribution in [2.45, 2.75) is 6.61 Å². The smallest absolute Gasteiger partial charge is 0.197 e. The Balaban J connectivity index is 1.54. The first-order valence-electron chi connectivity index (χ1n) is 8.60. The number of carbonyl (C=O) groups excluding carboxylic acids is 2. The number of benzene rings is 3. The minimum Gasteiger partial charge on any atom is -0.488 e. The summed E-state index contributed by atoms with van der Waals surface area (Å²) in [4.78, 5) is 25.0. The molecule has 0 heterocycles. The van der Waals surface area contributed by atoms with Gasteiger partial charge in [-0.25, -0.2) is 0 Å². The zero-order valence-electron chi connectivity index (χ0n) is 14.6. The molecule has 4 rings (SSSR count). The Morgan fingerprint density at radius 1 is 0.821 bits per heavy atom. The highest BCUT2D eigenvalue weighted by atomic mass is 79.9. The van der Waals surface area contributed by atoms with Crippen LogP contribution in [0.4, 0.5) is 0 Å². The summed E-state index contributed by atoms with van der Waals surface area (Å²) in [5.41, 5.74) is 2.93. The number of fused-ring (bicyclic) bond motifs is 1. The summed E-state index contributed by atoms with van der Waals surface area (Å²) < 4.78 is 7.64. The molecular weight excluding hydrogens is 484 g/mol. The molecule has 0 spiro atoms. The molecule has 3 aromatic rings. The normalized spacial score (nSPS) is 12.9. The molecule has 0 aliphatic heterocycles. The number of hydrogen-bond acceptors (Lipinski definition) is 3. The summed E-state index contributed by atoms with van der Waals surface area (Å²) in [5, 5.41) is 0. The second-order valence-corrected chi connectivity index (χ2v) is 8.14. The lowest BCUT2D eigenvalue weighted by Gasteiger charge is -2.09. The largest absolute Gasteiger partial charge is 0.488 e. The highest BCUT2D eigenvalue weighted by Gasteiger charge is 2.32. The Morgan fingerprint density at radius 3 is 2.07 bits per heavy atom. The third kappa shape index (κ3) is 3.73. The van der Waals surface area contributed by atoms with Crippen molar-refractivity contribution in [1.29, 1.82) is 0 Å². The van der Waals surface area contributed by atoms with E-state index in [4.69, 9.17) is 4.74 Å². The van der Waals surface area contributed by atoms with E-state index in [0.717, 1.165) is 20.1 Å². The molecular formula is C23H14Br2O3. The van der Waals surface area contributed by atoms with Crippen LogP contribution in [0.3, 0.4) is 0 Å². The molecule has 28 heavy (non-hydrogen) atoms. The van der Waals surface area contributed by atoms with Crippen LogP contribution in [0.1, 0.15) is 31.8 Å². The van der Waals surface area contributed by atoms with Crippen molar-refractivity contribution in [1.82, 2.24) is 0 Å². The minimum absolute atomic E-state index is 0.191. The predicted molar refractivity (Wildman–Crippen MR) is 116 cm³/mol. The number of carbonyl (C=O) groups is 2. The van der Waals surface area contributed by atoms with E-state index in [2.05, 4.69) is 31.9 Å². The number of rotatable bonds is 4. The van der Waals surface area contributed by atoms with Gasteiger partial charge in [-0.15, -0.1) is 0 Å². The van der Waals surface area contributed by atoms with Crippen LogP contribution in [-0.2, 0) is 6.61 Å². The fourth-order valence-electron chi connectivity index (χ4n) is 3.04. The van der Waals surface area contributed by atoms with Crippen LogP contribution < -0.4 is 4.74 Å². The number of hydrogen-bond donors (Lipinski definition) is 0. The summed E-state index contributed by atoms with van der Waals surface area (Å²) >= 11 is 6.92. The summed E-state index contributed by atoms with van der Waals surface area (Å²) in [6.07, 6.45) is 1.63. The maximum absolute atomic E-state index is 12.5. The van der Waals surface area contributed by atoms with Crippen molar-refractivity contribution in [2.75, 3.05) is 0 Å². The maximum atomic E-state index is 12.5. The lowest BCUT2D eigenvalue weighted by molar-refractivity contribution is 0.0990. The van der Waals surface area contributed by atoms with Gasteiger partial charge in [0.15, 0.2) is 11.6 Å². The van der Waals surface area contributed by atoms with E-state index in [-0.39, 0.29) is 17.1 Å². The Morgan fingerprint density at radius 2 is 1.46 bits per heavy atom. The molecule has 0 bridgehead atoms. The van der Waals surface area contributed by atoms with E-state index in [0.29, 0.717) is 23.5 Å². The third-order valence-corrected chi connectivity index (χ3v) is 5.63. The van der Waals surface area contributed by atoms with Crippen molar-refractivity contribution in [2.24, 2.45) is 0 Å². The van der Waals surface area contributed by atoms with Gasteiger partial charge in [-0.2, -0.15) is 0 Å². The monoisotopic (exact) mass is 496 g/mol. The van der Waals surface area contributed by atoms with Crippen LogP contribution in [0.25, 0.3) is 6.08 Å². The van der Waals surface area contributed by atoms with Crippen molar-refractivity contribution < 1.29 is 14.3 Å². The molecule has 0 amide bonds. The van der Waals surface area contributed by atoms with Gasteiger partial charge in [0.25, 0.3) is 0 Å². The fraction of sp³-hybridized carbons (Fsp3) is 0.0435. The standard InChI is InChI=1S/C23H14Br2O3/c24-16-8-5-14(6-9-16)13-28-21-10-7-15(12-20(21)25)11-19-22(26)17-3-1-2-4-18(17)23(19)27/h1-12H,13H2. The van der Waals surface area contributed by atoms with Crippen LogP contribution in [0, 0.1) is 0 Å². The van der Waals surface area contributed by atoms with Crippen LogP contribution in [0.5, 0.6) is 5.75 Å². The van der Waals surface area contributed by atoms with Crippen LogP contribution in [-0.4, -0.2) is 11.6 Å². The van der Waals surface area contributed by atoms with Gasteiger partial charge in [-0.1, -0.05) is 58.4 Å². The summed E-state index contributed by atoms with van der Waals surface area (Å²) in [5.74, 6) is 0.233. The topological polar surface area (TPSA) is 43.4 Å². The number of ketones is 2. The van der Waals surface area contributed by atoms with E-state index < -0.39 is 0 Å². The van der Waals surface area contributed by atoms with E-state index in [1.54, 1.807) is 30.3 Å². The van der Waals surface area contributed by atoms with Gasteiger partial charge in [-0.3, -0.25) is 9.59 Å². The summed E-state index contributed by atoms with van der Waals surface area (Å²) in [6.45, 7) is 0.443. The first-order chi connectivity index (χ1) is 13.5. The first-order valence-corrected chi connectivity index (χ1v) is 10.2. The predicted octanol–water partition coefficient (Wildman–Crippen LogP) is 6.25. The molecule has 5 heteroatoms. The molecule has 0 fully saturated rings. The van der Waals surface area contributed by atoms with Gasteiger partial charge in [-0.05, 0) is 57.4 Å². The van der Waals surface area contributed by atoms with E-state index in [1.807, 2.05) is 42.5 Å². The Hall–Kier alpha value is -2.50. The third-order valence-electron chi connectivity index (χ3n) is 4.48. The molecule has 0 N–H and O–H groups in total. The van der Waals surface area contributed by atoms with E-state index >= 15 is 0 Å². The van der Waals surface area contributed by atoms with Gasteiger partial charge in [0.2, 0.25) is 0 Å². The number of ether oxygens (including phenoxy) is 1. The molecule has 3 nitrogen and oxygen atoms in total. The van der Waals surface area contributed by atoms with E-state index in [9.17, 15) is 9.59 Å². The lowest BCUT2D eigenvalue weighted by Crippen LogP contribution is -2.00. The molecule has 0 saturated carbocycles. The minimum atomic E-state index is -0.229. The van der Waals surface area contributed by atoms with Gasteiger partial charge >= 0.3 is 0 Å². The average molecular weight is 498 g/mol. The van der Waals surface area contributed by atoms with Gasteiger partial charge in [0, 0.05) is 15.6 Å². The molecule has 1 aliphatic carbocycles. The Bertz CT molecular complexity index is 1080. The molecule has 0 saturated heterocycles. The number of Topliss-reactive ketones (excluding diaryl/α,β-unsaturated/α-hetero) is 2. The SMILES string of the molecule is O=C1C(=Cc2ccc(OCc3ccc(Br)cc3)c(Br)c2)C(=O)c2ccccc21.